The molecule has 2 N–H and O–H groups in total. The van der Waals surface area contributed by atoms with Gasteiger partial charge in [-0.25, -0.2) is 0 Å². The second-order valence-electron chi connectivity index (χ2n) is 8.78. The van der Waals surface area contributed by atoms with E-state index in [9.17, 15) is 19.8 Å². The maximum atomic E-state index is 12.8. The van der Waals surface area contributed by atoms with E-state index in [-0.39, 0.29) is 28.8 Å². The third kappa shape index (κ3) is 1.97. The summed E-state index contributed by atoms with van der Waals surface area (Å²) in [6, 6.07) is 0. The maximum absolute atomic E-state index is 12.8. The Morgan fingerprint density at radius 1 is 1.09 bits per heavy atom. The van der Waals surface area contributed by atoms with Gasteiger partial charge in [0.05, 0.1) is 12.2 Å². The molecule has 126 valence electrons. The molecule has 0 radical (unpaired) electrons. The largest absolute Gasteiger partial charge is 0.390 e. The summed E-state index contributed by atoms with van der Waals surface area (Å²) in [7, 11) is 0. The van der Waals surface area contributed by atoms with Crippen molar-refractivity contribution < 1.29 is 19.8 Å². The fourth-order valence-electron chi connectivity index (χ4n) is 6.13. The molecular formula is C19H26O4. The van der Waals surface area contributed by atoms with Gasteiger partial charge in [-0.15, -0.1) is 0 Å². The Hall–Kier alpha value is -1.00. The monoisotopic (exact) mass is 318 g/mol. The first kappa shape index (κ1) is 15.5. The number of hydrogen-bond acceptors (Lipinski definition) is 4. The average Bonchev–Trinajstić information content (AvgIpc) is 2.78. The van der Waals surface area contributed by atoms with E-state index in [4.69, 9.17) is 0 Å². The lowest BCUT2D eigenvalue weighted by molar-refractivity contribution is -0.130. The van der Waals surface area contributed by atoms with E-state index in [2.05, 4.69) is 6.92 Å². The number of fused-ring (bicyclic) bond motifs is 5. The molecule has 0 amide bonds. The third-order valence-electron chi connectivity index (χ3n) is 7.55. The van der Waals surface area contributed by atoms with E-state index in [1.165, 1.54) is 0 Å². The van der Waals surface area contributed by atoms with Crippen molar-refractivity contribution in [2.24, 2.45) is 28.6 Å². The van der Waals surface area contributed by atoms with Gasteiger partial charge in [-0.1, -0.05) is 19.4 Å². The quantitative estimate of drug-likeness (QED) is 0.717. The van der Waals surface area contributed by atoms with E-state index in [0.29, 0.717) is 31.6 Å². The molecule has 0 aromatic rings. The van der Waals surface area contributed by atoms with E-state index in [1.807, 2.05) is 13.0 Å². The number of aliphatic hydroxyl groups is 2. The smallest absolute Gasteiger partial charge is 0.162 e. The number of aliphatic hydroxyl groups excluding tert-OH is 2. The molecule has 4 aliphatic rings. The average molecular weight is 318 g/mol. The fourth-order valence-corrected chi connectivity index (χ4v) is 6.13. The van der Waals surface area contributed by atoms with Gasteiger partial charge in [0, 0.05) is 18.3 Å². The van der Waals surface area contributed by atoms with Crippen LogP contribution in [-0.2, 0) is 9.59 Å². The lowest BCUT2D eigenvalue weighted by Gasteiger charge is -2.56. The minimum absolute atomic E-state index is 0.0992. The molecule has 4 aliphatic carbocycles. The van der Waals surface area contributed by atoms with Crippen LogP contribution < -0.4 is 0 Å². The molecule has 0 unspecified atom stereocenters. The highest BCUT2D eigenvalue weighted by Gasteiger charge is 2.59. The zero-order chi connectivity index (χ0) is 16.6. The predicted octanol–water partition coefficient (Wildman–Crippen LogP) is 2.03. The van der Waals surface area contributed by atoms with Gasteiger partial charge < -0.3 is 10.2 Å². The number of ketones is 2. The molecule has 4 rings (SSSR count). The number of carbonyl (C=O) groups is 2. The van der Waals surface area contributed by atoms with Gasteiger partial charge in [-0.3, -0.25) is 9.59 Å². The fraction of sp³-hybridized carbons (Fsp3) is 0.789. The summed E-state index contributed by atoms with van der Waals surface area (Å²) in [6.07, 6.45) is 4.49. The minimum Gasteiger partial charge on any atom is -0.390 e. The zero-order valence-corrected chi connectivity index (χ0v) is 13.9. The van der Waals surface area contributed by atoms with Crippen molar-refractivity contribution in [1.82, 2.24) is 0 Å². The van der Waals surface area contributed by atoms with Gasteiger partial charge >= 0.3 is 0 Å². The Morgan fingerprint density at radius 3 is 2.57 bits per heavy atom. The summed E-state index contributed by atoms with van der Waals surface area (Å²) in [5, 5.41) is 20.2. The summed E-state index contributed by atoms with van der Waals surface area (Å²) < 4.78 is 0. The number of Topliss-reactive ketones (excluding diaryl/α,β-unsaturated/α-hetero) is 1. The van der Waals surface area contributed by atoms with Crippen LogP contribution in [0.5, 0.6) is 0 Å². The standard InChI is InChI=1S/C19H26O4/c1-18-9-16(22)15(21)5-10(18)3-4-12-13-6-11(20)8-19(13,2)17(23)7-14(12)18/h7,10,12-13,15-16,21-22H,3-6,8-9H2,1-2H3/t10-,12-,13+,15+,16-,18-,19-/m0/s1. The Kier molecular flexibility index (Phi) is 3.21. The minimum atomic E-state index is -0.718. The first-order valence-electron chi connectivity index (χ1n) is 8.90. The topological polar surface area (TPSA) is 74.6 Å². The third-order valence-corrected chi connectivity index (χ3v) is 7.55. The highest BCUT2D eigenvalue weighted by Crippen LogP contribution is 2.62. The molecule has 23 heavy (non-hydrogen) atoms. The zero-order valence-electron chi connectivity index (χ0n) is 13.9. The number of rotatable bonds is 0. The van der Waals surface area contributed by atoms with Crippen LogP contribution in [0, 0.1) is 28.6 Å². The summed E-state index contributed by atoms with van der Waals surface area (Å²) in [5.41, 5.74) is 0.424. The van der Waals surface area contributed by atoms with Crippen LogP contribution in [0.1, 0.15) is 52.4 Å². The summed E-state index contributed by atoms with van der Waals surface area (Å²) in [6.45, 7) is 4.11. The summed E-state index contributed by atoms with van der Waals surface area (Å²) in [5.74, 6) is 1.05. The molecule has 0 spiro atoms. The number of allylic oxidation sites excluding steroid dienone is 2. The van der Waals surface area contributed by atoms with E-state index in [1.54, 1.807) is 0 Å². The highest BCUT2D eigenvalue weighted by atomic mass is 16.3. The summed E-state index contributed by atoms with van der Waals surface area (Å²) in [4.78, 5) is 24.9. The van der Waals surface area contributed by atoms with Crippen molar-refractivity contribution in [3.05, 3.63) is 11.6 Å². The van der Waals surface area contributed by atoms with Crippen molar-refractivity contribution in [3.63, 3.8) is 0 Å². The first-order valence-corrected chi connectivity index (χ1v) is 8.90. The summed E-state index contributed by atoms with van der Waals surface area (Å²) >= 11 is 0. The van der Waals surface area contributed by atoms with Crippen LogP contribution in [-0.4, -0.2) is 34.0 Å². The van der Waals surface area contributed by atoms with Crippen molar-refractivity contribution in [2.75, 3.05) is 0 Å². The van der Waals surface area contributed by atoms with E-state index < -0.39 is 17.6 Å². The van der Waals surface area contributed by atoms with Crippen molar-refractivity contribution in [1.29, 1.82) is 0 Å². The van der Waals surface area contributed by atoms with Crippen molar-refractivity contribution in [3.8, 4) is 0 Å². The molecule has 0 aromatic carbocycles. The highest BCUT2D eigenvalue weighted by molar-refractivity contribution is 6.02. The van der Waals surface area contributed by atoms with Gasteiger partial charge in [-0.2, -0.15) is 0 Å². The molecule has 4 nitrogen and oxygen atoms in total. The first-order chi connectivity index (χ1) is 10.8. The normalized spacial score (nSPS) is 52.5. The molecule has 0 aliphatic heterocycles. The second-order valence-corrected chi connectivity index (χ2v) is 8.78. The molecule has 0 bridgehead atoms. The van der Waals surface area contributed by atoms with Gasteiger partial charge in [0.2, 0.25) is 0 Å². The Morgan fingerprint density at radius 2 is 1.83 bits per heavy atom. The molecule has 4 heteroatoms. The number of hydrogen-bond donors (Lipinski definition) is 2. The van der Waals surface area contributed by atoms with E-state index in [0.717, 1.165) is 18.4 Å². The lowest BCUT2D eigenvalue weighted by atomic mass is 9.49. The number of carbonyl (C=O) groups excluding carboxylic acids is 2. The molecule has 0 heterocycles. The van der Waals surface area contributed by atoms with Crippen molar-refractivity contribution >= 4 is 11.6 Å². The maximum Gasteiger partial charge on any atom is 0.162 e. The Balaban J connectivity index is 1.76. The van der Waals surface area contributed by atoms with Crippen LogP contribution in [0.15, 0.2) is 11.6 Å². The molecule has 3 fully saturated rings. The Labute approximate surface area is 137 Å². The van der Waals surface area contributed by atoms with Crippen LogP contribution in [0.25, 0.3) is 0 Å². The van der Waals surface area contributed by atoms with E-state index >= 15 is 0 Å². The molecule has 0 aromatic heterocycles. The van der Waals surface area contributed by atoms with Crippen LogP contribution >= 0.6 is 0 Å². The predicted molar refractivity (Wildman–Crippen MR) is 84.5 cm³/mol. The van der Waals surface area contributed by atoms with Gasteiger partial charge in [-0.05, 0) is 54.9 Å². The van der Waals surface area contributed by atoms with Crippen molar-refractivity contribution in [2.45, 2.75) is 64.6 Å². The SMILES string of the molecule is C[C@]12C[C@H](O)[C@H](O)C[C@@H]1CC[C@@H]1C2=CC(=O)[C@@]2(C)CC(=O)C[C@H]12. The molecule has 0 saturated heterocycles. The Bertz CT molecular complexity index is 608. The second kappa shape index (κ2) is 4.76. The molecular weight excluding hydrogens is 292 g/mol. The van der Waals surface area contributed by atoms with Gasteiger partial charge in [0.25, 0.3) is 0 Å². The van der Waals surface area contributed by atoms with Crippen LogP contribution in [0.3, 0.4) is 0 Å². The molecule has 3 saturated carbocycles. The van der Waals surface area contributed by atoms with Crippen LogP contribution in [0.4, 0.5) is 0 Å². The van der Waals surface area contributed by atoms with Gasteiger partial charge in [0.15, 0.2) is 5.78 Å². The lowest BCUT2D eigenvalue weighted by Crippen LogP contribution is -2.53. The van der Waals surface area contributed by atoms with Crippen LogP contribution in [0.2, 0.25) is 0 Å². The van der Waals surface area contributed by atoms with Gasteiger partial charge in [0.1, 0.15) is 5.78 Å². The molecule has 7 atom stereocenters.